The Morgan fingerprint density at radius 3 is 2.24 bits per heavy atom. The Morgan fingerprint density at radius 1 is 0.895 bits per heavy atom. The molecule has 4 rings (SSSR count). The number of carbonyl (C=O) groups excluding carboxylic acids is 1. The van der Waals surface area contributed by atoms with Gasteiger partial charge in [0.25, 0.3) is 5.91 Å². The van der Waals surface area contributed by atoms with Crippen molar-refractivity contribution in [2.75, 3.05) is 26.7 Å². The Balaban J connectivity index is 1.40. The fourth-order valence-corrected chi connectivity index (χ4v) is 6.96. The zero-order valence-corrected chi connectivity index (χ0v) is 22.7. The quantitative estimate of drug-likeness (QED) is 0.374. The monoisotopic (exact) mass is 557 g/mol. The average Bonchev–Trinajstić information content (AvgIpc) is 3.48. The van der Waals surface area contributed by atoms with Gasteiger partial charge >= 0.3 is 0 Å². The van der Waals surface area contributed by atoms with Crippen LogP contribution in [-0.2, 0) is 33.0 Å². The van der Waals surface area contributed by atoms with Crippen molar-refractivity contribution in [3.05, 3.63) is 89.5 Å². The van der Waals surface area contributed by atoms with E-state index in [0.29, 0.717) is 25.1 Å². The number of methoxy groups -OCH3 is 1. The van der Waals surface area contributed by atoms with E-state index in [1.165, 1.54) is 41.7 Å². The molecule has 1 amide bonds. The van der Waals surface area contributed by atoms with Gasteiger partial charge in [-0.15, -0.1) is 0 Å². The molecule has 1 fully saturated rings. The van der Waals surface area contributed by atoms with E-state index >= 15 is 0 Å². The first-order chi connectivity index (χ1) is 18.2. The lowest BCUT2D eigenvalue weighted by molar-refractivity contribution is 0.0950. The van der Waals surface area contributed by atoms with Crippen LogP contribution in [0.15, 0.2) is 82.6 Å². The molecule has 1 heterocycles. The minimum atomic E-state index is -3.94. The summed E-state index contributed by atoms with van der Waals surface area (Å²) in [7, 11) is -6.08. The number of nitrogens with one attached hydrogen (secondary N) is 2. The largest absolute Gasteiger partial charge is 0.495 e. The molecule has 1 saturated heterocycles. The fraction of sp³-hybridized carbons (Fsp3) is 0.296. The Hall–Kier alpha value is -3.25. The molecule has 0 saturated carbocycles. The van der Waals surface area contributed by atoms with Crippen LogP contribution in [-0.4, -0.2) is 53.8 Å². The van der Waals surface area contributed by atoms with Crippen molar-refractivity contribution in [1.82, 2.24) is 14.3 Å². The minimum absolute atomic E-state index is 0.128. The second-order valence-corrected chi connectivity index (χ2v) is 12.6. The van der Waals surface area contributed by atoms with Crippen LogP contribution in [0.3, 0.4) is 0 Å². The van der Waals surface area contributed by atoms with Crippen LogP contribution < -0.4 is 14.8 Å². The van der Waals surface area contributed by atoms with Gasteiger partial charge in [0.05, 0.1) is 12.0 Å². The van der Waals surface area contributed by atoms with Crippen molar-refractivity contribution in [2.45, 2.75) is 35.6 Å². The summed E-state index contributed by atoms with van der Waals surface area (Å²) in [6.07, 6.45) is 2.24. The number of amides is 1. The molecular formula is C27H31N3O6S2. The maximum absolute atomic E-state index is 13.0. The Bertz CT molecular complexity index is 1470. The molecule has 38 heavy (non-hydrogen) atoms. The van der Waals surface area contributed by atoms with Crippen molar-refractivity contribution < 1.29 is 26.4 Å². The topological polar surface area (TPSA) is 122 Å². The van der Waals surface area contributed by atoms with Gasteiger partial charge in [0.1, 0.15) is 10.6 Å². The third-order valence-electron chi connectivity index (χ3n) is 6.34. The lowest BCUT2D eigenvalue weighted by Crippen LogP contribution is -2.28. The van der Waals surface area contributed by atoms with Crippen molar-refractivity contribution in [3.8, 4) is 5.75 Å². The maximum Gasteiger partial charge on any atom is 0.251 e. The summed E-state index contributed by atoms with van der Waals surface area (Å²) in [5, 5.41) is 2.75. The van der Waals surface area contributed by atoms with Crippen molar-refractivity contribution in [1.29, 1.82) is 0 Å². The smallest absolute Gasteiger partial charge is 0.251 e. The number of ether oxygens (including phenoxy) is 1. The molecule has 11 heteroatoms. The third-order valence-corrected chi connectivity index (χ3v) is 9.74. The molecule has 2 N–H and O–H groups in total. The standard InChI is InChI=1S/C27H31N3O6S2/c1-36-25-14-11-23(19-26(25)37(32,33)29-16-15-21-7-3-2-4-8-21)27(31)28-20-22-9-12-24(13-10-22)38(34,35)30-17-5-6-18-30/h2-4,7-14,19,29H,5-6,15-18,20H2,1H3,(H,28,31). The average molecular weight is 558 g/mol. The lowest BCUT2D eigenvalue weighted by atomic mass is 10.2. The highest BCUT2D eigenvalue weighted by Gasteiger charge is 2.27. The van der Waals surface area contributed by atoms with E-state index in [1.54, 1.807) is 12.1 Å². The molecule has 0 aromatic heterocycles. The highest BCUT2D eigenvalue weighted by molar-refractivity contribution is 7.89. The molecule has 1 aliphatic rings. The van der Waals surface area contributed by atoms with E-state index in [4.69, 9.17) is 4.74 Å². The summed E-state index contributed by atoms with van der Waals surface area (Å²) in [5.41, 5.74) is 1.86. The van der Waals surface area contributed by atoms with E-state index in [0.717, 1.165) is 18.4 Å². The van der Waals surface area contributed by atoms with Gasteiger partial charge in [-0.05, 0) is 60.7 Å². The number of nitrogens with zero attached hydrogens (tertiary/aromatic N) is 1. The summed E-state index contributed by atoms with van der Waals surface area (Å²) in [4.78, 5) is 12.9. The molecule has 0 spiro atoms. The van der Waals surface area contributed by atoms with Crippen molar-refractivity contribution in [3.63, 3.8) is 0 Å². The first-order valence-electron chi connectivity index (χ1n) is 12.3. The summed E-state index contributed by atoms with van der Waals surface area (Å²) < 4.78 is 60.6. The summed E-state index contributed by atoms with van der Waals surface area (Å²) in [5.74, 6) is -0.342. The predicted octanol–water partition coefficient (Wildman–Crippen LogP) is 2.93. The molecule has 9 nitrogen and oxygen atoms in total. The van der Waals surface area contributed by atoms with Crippen LogP contribution in [0, 0.1) is 0 Å². The van der Waals surface area contributed by atoms with Crippen LogP contribution in [0.25, 0.3) is 0 Å². The first kappa shape index (κ1) is 27.8. The van der Waals surface area contributed by atoms with Crippen LogP contribution >= 0.6 is 0 Å². The fourth-order valence-electron chi connectivity index (χ4n) is 4.22. The van der Waals surface area contributed by atoms with Gasteiger partial charge < -0.3 is 10.1 Å². The maximum atomic E-state index is 13.0. The van der Waals surface area contributed by atoms with Gasteiger partial charge in [-0.2, -0.15) is 4.31 Å². The number of rotatable bonds is 11. The van der Waals surface area contributed by atoms with Gasteiger partial charge in [0, 0.05) is 31.7 Å². The molecule has 3 aromatic carbocycles. The van der Waals surface area contributed by atoms with Crippen LogP contribution in [0.4, 0.5) is 0 Å². The van der Waals surface area contributed by atoms with E-state index in [9.17, 15) is 21.6 Å². The zero-order chi connectivity index (χ0) is 27.2. The zero-order valence-electron chi connectivity index (χ0n) is 21.1. The molecule has 3 aromatic rings. The van der Waals surface area contributed by atoms with Crippen molar-refractivity contribution >= 4 is 26.0 Å². The SMILES string of the molecule is COc1ccc(C(=O)NCc2ccc(S(=O)(=O)N3CCCC3)cc2)cc1S(=O)(=O)NCCc1ccccc1. The molecular weight excluding hydrogens is 526 g/mol. The van der Waals surface area contributed by atoms with Crippen LogP contribution in [0.1, 0.15) is 34.3 Å². The Labute approximate surface area is 223 Å². The number of carbonyl (C=O) groups is 1. The first-order valence-corrected chi connectivity index (χ1v) is 15.2. The molecule has 202 valence electrons. The second-order valence-electron chi connectivity index (χ2n) is 8.94. The Kier molecular flexibility index (Phi) is 8.83. The summed E-state index contributed by atoms with van der Waals surface area (Å²) in [6.45, 7) is 1.40. The van der Waals surface area contributed by atoms with Gasteiger partial charge in [-0.3, -0.25) is 4.79 Å². The molecule has 0 aliphatic carbocycles. The summed E-state index contributed by atoms with van der Waals surface area (Å²) >= 11 is 0. The van der Waals surface area contributed by atoms with Crippen molar-refractivity contribution in [2.24, 2.45) is 0 Å². The molecule has 0 radical (unpaired) electrons. The van der Waals surface area contributed by atoms with E-state index in [1.807, 2.05) is 30.3 Å². The van der Waals surface area contributed by atoms with Gasteiger partial charge in [-0.1, -0.05) is 42.5 Å². The minimum Gasteiger partial charge on any atom is -0.495 e. The van der Waals surface area contributed by atoms with Gasteiger partial charge in [0.2, 0.25) is 20.0 Å². The molecule has 0 unspecified atom stereocenters. The van der Waals surface area contributed by atoms with Gasteiger partial charge in [0.15, 0.2) is 0 Å². The number of benzene rings is 3. The summed E-state index contributed by atoms with van der Waals surface area (Å²) in [6, 6.07) is 20.1. The Morgan fingerprint density at radius 2 is 1.58 bits per heavy atom. The van der Waals surface area contributed by atoms with E-state index < -0.39 is 26.0 Å². The van der Waals surface area contributed by atoms with Crippen LogP contribution in [0.2, 0.25) is 0 Å². The number of hydrogen-bond acceptors (Lipinski definition) is 6. The highest BCUT2D eigenvalue weighted by atomic mass is 32.2. The van der Waals surface area contributed by atoms with E-state index in [-0.39, 0.29) is 34.2 Å². The highest BCUT2D eigenvalue weighted by Crippen LogP contribution is 2.25. The predicted molar refractivity (Wildman–Crippen MR) is 144 cm³/mol. The molecule has 1 aliphatic heterocycles. The number of hydrogen-bond donors (Lipinski definition) is 2. The molecule has 0 bridgehead atoms. The second kappa shape index (κ2) is 12.1. The van der Waals surface area contributed by atoms with E-state index in [2.05, 4.69) is 10.0 Å². The lowest BCUT2D eigenvalue weighted by Gasteiger charge is -2.15. The molecule has 0 atom stereocenters. The van der Waals surface area contributed by atoms with Gasteiger partial charge in [-0.25, -0.2) is 21.6 Å². The third kappa shape index (κ3) is 6.60. The normalized spacial score (nSPS) is 14.3. The number of sulfonamides is 2. The van der Waals surface area contributed by atoms with Crippen LogP contribution in [0.5, 0.6) is 5.75 Å².